The Morgan fingerprint density at radius 2 is 2.31 bits per heavy atom. The quantitative estimate of drug-likeness (QED) is 0.435. The van der Waals surface area contributed by atoms with Crippen LogP contribution in [0, 0.1) is 0 Å². The molecule has 3 N–H and O–H groups in total. The first-order valence-electron chi connectivity index (χ1n) is 4.35. The van der Waals surface area contributed by atoms with Crippen molar-refractivity contribution in [2.45, 2.75) is 25.3 Å². The van der Waals surface area contributed by atoms with Crippen LogP contribution in [0.2, 0.25) is 0 Å². The summed E-state index contributed by atoms with van der Waals surface area (Å²) in [7, 11) is 0. The fraction of sp³-hybridized carbons (Fsp3) is 0.667. The van der Waals surface area contributed by atoms with E-state index in [-0.39, 0.29) is 0 Å². The van der Waals surface area contributed by atoms with Gasteiger partial charge in [0, 0.05) is 6.61 Å². The lowest BCUT2D eigenvalue weighted by Crippen LogP contribution is -2.29. The third-order valence-electron chi connectivity index (χ3n) is 1.61. The zero-order chi connectivity index (χ0) is 10.1. The van der Waals surface area contributed by atoms with Crippen molar-refractivity contribution in [3.63, 3.8) is 0 Å². The molecule has 0 rings (SSSR count). The van der Waals surface area contributed by atoms with Crippen LogP contribution in [-0.2, 0) is 9.53 Å². The number of nitrogens with two attached hydrogens (primary N) is 1. The first-order valence-corrected chi connectivity index (χ1v) is 4.35. The lowest BCUT2D eigenvalue weighted by atomic mass is 10.1. The standard InChI is InChI=1S/C9H17NO3/c1-2-6-13-7-4-3-5-8(10)9(11)12/h2,8H,1,3-7,10H2,(H,11,12)/t8-/m1/s1. The fourth-order valence-corrected chi connectivity index (χ4v) is 0.859. The lowest BCUT2D eigenvalue weighted by molar-refractivity contribution is -0.138. The Labute approximate surface area is 78.4 Å². The van der Waals surface area contributed by atoms with Crippen LogP contribution in [0.4, 0.5) is 0 Å². The van der Waals surface area contributed by atoms with E-state index >= 15 is 0 Å². The molecule has 4 nitrogen and oxygen atoms in total. The molecule has 0 aliphatic carbocycles. The number of carboxylic acids is 1. The van der Waals surface area contributed by atoms with Gasteiger partial charge in [-0.25, -0.2) is 0 Å². The summed E-state index contributed by atoms with van der Waals surface area (Å²) in [5.74, 6) is -0.938. The normalized spacial score (nSPS) is 12.4. The molecule has 0 unspecified atom stereocenters. The van der Waals surface area contributed by atoms with E-state index in [1.165, 1.54) is 0 Å². The van der Waals surface area contributed by atoms with Gasteiger partial charge in [-0.2, -0.15) is 0 Å². The number of carbonyl (C=O) groups is 1. The fourth-order valence-electron chi connectivity index (χ4n) is 0.859. The van der Waals surface area contributed by atoms with E-state index in [0.29, 0.717) is 19.6 Å². The molecule has 0 heterocycles. The Hall–Kier alpha value is -0.870. The maximum absolute atomic E-state index is 10.3. The third kappa shape index (κ3) is 7.49. The zero-order valence-electron chi connectivity index (χ0n) is 7.74. The highest BCUT2D eigenvalue weighted by atomic mass is 16.5. The number of hydrogen-bond acceptors (Lipinski definition) is 3. The van der Waals surface area contributed by atoms with E-state index in [9.17, 15) is 4.79 Å². The van der Waals surface area contributed by atoms with E-state index in [1.54, 1.807) is 6.08 Å². The molecule has 0 saturated heterocycles. The van der Waals surface area contributed by atoms with E-state index in [1.807, 2.05) is 0 Å². The molecule has 0 fully saturated rings. The largest absolute Gasteiger partial charge is 0.480 e. The van der Waals surface area contributed by atoms with Gasteiger partial charge in [-0.05, 0) is 19.3 Å². The van der Waals surface area contributed by atoms with E-state index in [2.05, 4.69) is 6.58 Å². The number of ether oxygens (including phenoxy) is 1. The van der Waals surface area contributed by atoms with Crippen molar-refractivity contribution < 1.29 is 14.6 Å². The van der Waals surface area contributed by atoms with Gasteiger partial charge >= 0.3 is 5.97 Å². The summed E-state index contributed by atoms with van der Waals surface area (Å²) in [6.45, 7) is 4.69. The zero-order valence-corrected chi connectivity index (χ0v) is 7.74. The minimum atomic E-state index is -0.938. The molecule has 4 heteroatoms. The van der Waals surface area contributed by atoms with Crippen LogP contribution < -0.4 is 5.73 Å². The second-order valence-electron chi connectivity index (χ2n) is 2.80. The highest BCUT2D eigenvalue weighted by molar-refractivity contribution is 5.72. The van der Waals surface area contributed by atoms with Gasteiger partial charge in [0.05, 0.1) is 6.61 Å². The van der Waals surface area contributed by atoms with Crippen molar-refractivity contribution in [3.8, 4) is 0 Å². The highest BCUT2D eigenvalue weighted by Crippen LogP contribution is 1.99. The summed E-state index contributed by atoms with van der Waals surface area (Å²) >= 11 is 0. The van der Waals surface area contributed by atoms with E-state index in [4.69, 9.17) is 15.6 Å². The lowest BCUT2D eigenvalue weighted by Gasteiger charge is -2.05. The second kappa shape index (κ2) is 7.76. The summed E-state index contributed by atoms with van der Waals surface area (Å²) in [5, 5.41) is 8.45. The third-order valence-corrected chi connectivity index (χ3v) is 1.61. The van der Waals surface area contributed by atoms with Crippen LogP contribution in [0.3, 0.4) is 0 Å². The molecule has 0 aromatic carbocycles. The first-order chi connectivity index (χ1) is 6.18. The Bertz CT molecular complexity index is 159. The van der Waals surface area contributed by atoms with Crippen LogP contribution in [-0.4, -0.2) is 30.3 Å². The highest BCUT2D eigenvalue weighted by Gasteiger charge is 2.09. The number of aliphatic carboxylic acids is 1. The van der Waals surface area contributed by atoms with Gasteiger partial charge in [0.1, 0.15) is 6.04 Å². The summed E-state index contributed by atoms with van der Waals surface area (Å²) in [4.78, 5) is 10.3. The maximum Gasteiger partial charge on any atom is 0.320 e. The van der Waals surface area contributed by atoms with Gasteiger partial charge in [-0.3, -0.25) is 4.79 Å². The molecule has 0 amide bonds. The number of unbranched alkanes of at least 4 members (excludes halogenated alkanes) is 1. The number of rotatable bonds is 8. The van der Waals surface area contributed by atoms with Crippen LogP contribution >= 0.6 is 0 Å². The Morgan fingerprint density at radius 1 is 1.62 bits per heavy atom. The molecule has 0 aromatic rings. The van der Waals surface area contributed by atoms with Gasteiger partial charge in [-0.15, -0.1) is 6.58 Å². The minimum Gasteiger partial charge on any atom is -0.480 e. The molecule has 0 bridgehead atoms. The van der Waals surface area contributed by atoms with E-state index in [0.717, 1.165) is 12.8 Å². The average Bonchev–Trinajstić information content (AvgIpc) is 2.10. The van der Waals surface area contributed by atoms with Crippen LogP contribution in [0.25, 0.3) is 0 Å². The summed E-state index contributed by atoms with van der Waals surface area (Å²) in [6.07, 6.45) is 3.81. The summed E-state index contributed by atoms with van der Waals surface area (Å²) < 4.78 is 5.12. The molecule has 0 aliphatic rings. The van der Waals surface area contributed by atoms with E-state index < -0.39 is 12.0 Å². The van der Waals surface area contributed by atoms with Gasteiger partial charge in [-0.1, -0.05) is 6.08 Å². The Kier molecular flexibility index (Phi) is 7.24. The smallest absolute Gasteiger partial charge is 0.320 e. The summed E-state index contributed by atoms with van der Waals surface area (Å²) in [6, 6.07) is -0.737. The molecule has 13 heavy (non-hydrogen) atoms. The molecular weight excluding hydrogens is 170 g/mol. The van der Waals surface area contributed by atoms with Crippen LogP contribution in [0.1, 0.15) is 19.3 Å². The van der Waals surface area contributed by atoms with Gasteiger partial charge in [0.2, 0.25) is 0 Å². The van der Waals surface area contributed by atoms with Crippen molar-refractivity contribution in [3.05, 3.63) is 12.7 Å². The first kappa shape index (κ1) is 12.1. The van der Waals surface area contributed by atoms with Crippen molar-refractivity contribution in [1.82, 2.24) is 0 Å². The molecule has 76 valence electrons. The van der Waals surface area contributed by atoms with Crippen molar-refractivity contribution in [2.75, 3.05) is 13.2 Å². The van der Waals surface area contributed by atoms with Gasteiger partial charge < -0.3 is 15.6 Å². The van der Waals surface area contributed by atoms with Crippen LogP contribution in [0.5, 0.6) is 0 Å². The monoisotopic (exact) mass is 187 g/mol. The van der Waals surface area contributed by atoms with Crippen LogP contribution in [0.15, 0.2) is 12.7 Å². The van der Waals surface area contributed by atoms with Gasteiger partial charge in [0.15, 0.2) is 0 Å². The minimum absolute atomic E-state index is 0.507. The molecule has 0 spiro atoms. The summed E-state index contributed by atoms with van der Waals surface area (Å²) in [5.41, 5.74) is 5.30. The molecule has 1 atom stereocenters. The van der Waals surface area contributed by atoms with Crippen molar-refractivity contribution in [1.29, 1.82) is 0 Å². The molecule has 0 saturated carbocycles. The number of carboxylic acid groups (broad SMARTS) is 1. The number of hydrogen-bond donors (Lipinski definition) is 2. The maximum atomic E-state index is 10.3. The second-order valence-corrected chi connectivity index (χ2v) is 2.80. The molecule has 0 aromatic heterocycles. The molecular formula is C9H17NO3. The van der Waals surface area contributed by atoms with Crippen molar-refractivity contribution in [2.24, 2.45) is 5.73 Å². The topological polar surface area (TPSA) is 72.5 Å². The average molecular weight is 187 g/mol. The predicted octanol–water partition coefficient (Wildman–Crippen LogP) is 0.771. The molecule has 0 aliphatic heterocycles. The Morgan fingerprint density at radius 3 is 2.85 bits per heavy atom. The SMILES string of the molecule is C=CCOCCCC[C@@H](N)C(=O)O. The Balaban J connectivity index is 3.15. The predicted molar refractivity (Wildman–Crippen MR) is 50.5 cm³/mol. The van der Waals surface area contributed by atoms with Gasteiger partial charge in [0.25, 0.3) is 0 Å². The molecule has 0 radical (unpaired) electrons. The van der Waals surface area contributed by atoms with Crippen molar-refractivity contribution >= 4 is 5.97 Å².